The second kappa shape index (κ2) is 3.48. The van der Waals surface area contributed by atoms with E-state index in [1.54, 1.807) is 38.5 Å². The fourth-order valence-corrected chi connectivity index (χ4v) is 6.05. The number of hydrogen-bond acceptors (Lipinski definition) is 1. The molecule has 4 fully saturated rings. The Morgan fingerprint density at radius 2 is 1.69 bits per heavy atom. The molecule has 16 heavy (non-hydrogen) atoms. The molecule has 2 saturated carbocycles. The normalized spacial score (nSPS) is 52.1. The first-order valence-electron chi connectivity index (χ1n) is 7.66. The van der Waals surface area contributed by atoms with Crippen molar-refractivity contribution >= 4 is 0 Å². The lowest BCUT2D eigenvalue weighted by molar-refractivity contribution is -0.146. The summed E-state index contributed by atoms with van der Waals surface area (Å²) in [5.74, 6) is 3.31. The Labute approximate surface area is 99.6 Å². The molecular weight excluding hydrogens is 194 g/mol. The zero-order chi connectivity index (χ0) is 10.6. The van der Waals surface area contributed by atoms with E-state index >= 15 is 0 Å². The Bertz CT molecular complexity index is 276. The summed E-state index contributed by atoms with van der Waals surface area (Å²) >= 11 is 0. The van der Waals surface area contributed by atoms with Gasteiger partial charge in [0.05, 0.1) is 0 Å². The van der Waals surface area contributed by atoms with Crippen LogP contribution in [0, 0.1) is 17.8 Å². The lowest BCUT2D eigenvalue weighted by atomic mass is 9.51. The molecule has 0 N–H and O–H groups in total. The first kappa shape index (κ1) is 9.94. The maximum atomic E-state index is 2.96. The molecule has 4 rings (SSSR count). The van der Waals surface area contributed by atoms with Crippen LogP contribution in [0.25, 0.3) is 0 Å². The van der Waals surface area contributed by atoms with Gasteiger partial charge in [-0.1, -0.05) is 12.8 Å². The lowest BCUT2D eigenvalue weighted by Crippen LogP contribution is -2.68. The second-order valence-corrected chi connectivity index (χ2v) is 6.80. The van der Waals surface area contributed by atoms with Crippen LogP contribution in [0.2, 0.25) is 0 Å². The summed E-state index contributed by atoms with van der Waals surface area (Å²) in [6.45, 7) is 2.86. The van der Waals surface area contributed by atoms with E-state index in [0.29, 0.717) is 0 Å². The number of hydrogen-bond donors (Lipinski definition) is 0. The quantitative estimate of drug-likeness (QED) is 0.603. The van der Waals surface area contributed by atoms with Crippen LogP contribution in [0.15, 0.2) is 0 Å². The minimum atomic E-state index is 0.720. The maximum absolute atomic E-state index is 2.96. The Morgan fingerprint density at radius 1 is 0.812 bits per heavy atom. The van der Waals surface area contributed by atoms with Crippen molar-refractivity contribution in [2.75, 3.05) is 13.1 Å². The predicted octanol–water partition coefficient (Wildman–Crippen LogP) is 3.44. The Hall–Kier alpha value is -0.0400. The van der Waals surface area contributed by atoms with Gasteiger partial charge in [0.2, 0.25) is 0 Å². The number of piperidine rings is 2. The summed E-state index contributed by atoms with van der Waals surface area (Å²) in [5.41, 5.74) is 0.720. The van der Waals surface area contributed by atoms with Gasteiger partial charge in [0, 0.05) is 5.54 Å². The van der Waals surface area contributed by atoms with E-state index in [1.165, 1.54) is 32.4 Å². The molecule has 1 spiro atoms. The smallest absolute Gasteiger partial charge is 0.0268 e. The standard InChI is InChI=1S/C15H25N/c1-4-12-7-8-13-5-2-10-16-11-3-6-14(12)15(13,16)9-1/h12-14H,1-11H2/t12-,13-,14-,15-/m1/s1. The van der Waals surface area contributed by atoms with Crippen LogP contribution >= 0.6 is 0 Å². The van der Waals surface area contributed by atoms with Gasteiger partial charge in [-0.05, 0) is 75.8 Å². The van der Waals surface area contributed by atoms with Gasteiger partial charge in [0.15, 0.2) is 0 Å². The van der Waals surface area contributed by atoms with E-state index in [1.807, 2.05) is 0 Å². The average Bonchev–Trinajstić information content (AvgIpc) is 2.31. The van der Waals surface area contributed by atoms with E-state index in [2.05, 4.69) is 4.90 Å². The molecule has 4 aliphatic rings. The molecule has 0 radical (unpaired) electrons. The van der Waals surface area contributed by atoms with Crippen molar-refractivity contribution in [2.45, 2.75) is 63.3 Å². The van der Waals surface area contributed by atoms with E-state index < -0.39 is 0 Å². The van der Waals surface area contributed by atoms with E-state index in [0.717, 1.165) is 23.3 Å². The van der Waals surface area contributed by atoms with Crippen molar-refractivity contribution < 1.29 is 0 Å². The van der Waals surface area contributed by atoms with E-state index in [9.17, 15) is 0 Å². The minimum absolute atomic E-state index is 0.720. The van der Waals surface area contributed by atoms with Crippen molar-refractivity contribution in [2.24, 2.45) is 17.8 Å². The summed E-state index contributed by atoms with van der Waals surface area (Å²) in [6.07, 6.45) is 13.9. The minimum Gasteiger partial charge on any atom is -0.297 e. The topological polar surface area (TPSA) is 3.24 Å². The number of rotatable bonds is 0. The largest absolute Gasteiger partial charge is 0.297 e. The van der Waals surface area contributed by atoms with E-state index in [-0.39, 0.29) is 0 Å². The van der Waals surface area contributed by atoms with E-state index in [4.69, 9.17) is 0 Å². The van der Waals surface area contributed by atoms with Crippen molar-refractivity contribution in [1.29, 1.82) is 0 Å². The third-order valence-corrected chi connectivity index (χ3v) is 6.47. The van der Waals surface area contributed by atoms with Crippen LogP contribution in [-0.4, -0.2) is 23.5 Å². The first-order chi connectivity index (χ1) is 7.91. The highest BCUT2D eigenvalue weighted by Crippen LogP contribution is 2.59. The molecule has 2 aliphatic carbocycles. The molecule has 2 heterocycles. The third kappa shape index (κ3) is 1.11. The van der Waals surface area contributed by atoms with Crippen LogP contribution in [0.3, 0.4) is 0 Å². The van der Waals surface area contributed by atoms with Crippen LogP contribution < -0.4 is 0 Å². The zero-order valence-corrected chi connectivity index (χ0v) is 10.5. The molecule has 90 valence electrons. The molecule has 2 aliphatic heterocycles. The van der Waals surface area contributed by atoms with Crippen LogP contribution in [0.5, 0.6) is 0 Å². The zero-order valence-electron chi connectivity index (χ0n) is 10.5. The molecule has 2 saturated heterocycles. The van der Waals surface area contributed by atoms with Crippen LogP contribution in [0.4, 0.5) is 0 Å². The van der Waals surface area contributed by atoms with Crippen molar-refractivity contribution in [3.63, 3.8) is 0 Å². The first-order valence-corrected chi connectivity index (χ1v) is 7.66. The summed E-state index contributed by atoms with van der Waals surface area (Å²) in [4.78, 5) is 2.96. The fraction of sp³-hybridized carbons (Fsp3) is 1.00. The Balaban J connectivity index is 1.77. The molecule has 0 aromatic carbocycles. The van der Waals surface area contributed by atoms with Gasteiger partial charge < -0.3 is 0 Å². The highest BCUT2D eigenvalue weighted by Gasteiger charge is 2.57. The van der Waals surface area contributed by atoms with Gasteiger partial charge in [-0.15, -0.1) is 0 Å². The summed E-state index contributed by atoms with van der Waals surface area (Å²) < 4.78 is 0. The monoisotopic (exact) mass is 219 g/mol. The maximum Gasteiger partial charge on any atom is 0.0268 e. The predicted molar refractivity (Wildman–Crippen MR) is 66.3 cm³/mol. The summed E-state index contributed by atoms with van der Waals surface area (Å²) in [6, 6.07) is 0. The highest BCUT2D eigenvalue weighted by molar-refractivity contribution is 5.11. The molecule has 0 aromatic rings. The molecule has 4 atom stereocenters. The lowest BCUT2D eigenvalue weighted by Gasteiger charge is -2.65. The summed E-state index contributed by atoms with van der Waals surface area (Å²) in [5, 5.41) is 0. The van der Waals surface area contributed by atoms with Crippen molar-refractivity contribution in [3.8, 4) is 0 Å². The van der Waals surface area contributed by atoms with Gasteiger partial charge >= 0.3 is 0 Å². The molecule has 1 nitrogen and oxygen atoms in total. The number of nitrogens with zero attached hydrogens (tertiary/aromatic N) is 1. The highest BCUT2D eigenvalue weighted by atomic mass is 15.2. The summed E-state index contributed by atoms with van der Waals surface area (Å²) in [7, 11) is 0. The molecule has 0 amide bonds. The molecule has 1 heteroatoms. The Morgan fingerprint density at radius 3 is 2.62 bits per heavy atom. The second-order valence-electron chi connectivity index (χ2n) is 6.80. The average molecular weight is 219 g/mol. The SMILES string of the molecule is C1C[C@@H]2CC[C@H]3CCC[C@]24[C@@H]3CCCN4C1. The third-order valence-electron chi connectivity index (χ3n) is 6.47. The molecule has 0 aromatic heterocycles. The Kier molecular flexibility index (Phi) is 2.16. The van der Waals surface area contributed by atoms with Gasteiger partial charge in [-0.2, -0.15) is 0 Å². The van der Waals surface area contributed by atoms with Gasteiger partial charge in [0.25, 0.3) is 0 Å². The molecule has 0 unspecified atom stereocenters. The van der Waals surface area contributed by atoms with Crippen LogP contribution in [-0.2, 0) is 0 Å². The van der Waals surface area contributed by atoms with Gasteiger partial charge in [-0.3, -0.25) is 4.90 Å². The van der Waals surface area contributed by atoms with Crippen molar-refractivity contribution in [1.82, 2.24) is 4.90 Å². The van der Waals surface area contributed by atoms with Crippen molar-refractivity contribution in [3.05, 3.63) is 0 Å². The van der Waals surface area contributed by atoms with Crippen LogP contribution in [0.1, 0.15) is 57.8 Å². The van der Waals surface area contributed by atoms with Gasteiger partial charge in [-0.25, -0.2) is 0 Å². The molecular formula is C15H25N. The van der Waals surface area contributed by atoms with Gasteiger partial charge in [0.1, 0.15) is 0 Å². The molecule has 2 bridgehead atoms. The fourth-order valence-electron chi connectivity index (χ4n) is 6.05.